The van der Waals surface area contributed by atoms with Gasteiger partial charge in [0.25, 0.3) is 0 Å². The number of nitrogens with one attached hydrogen (secondary N) is 1. The lowest BCUT2D eigenvalue weighted by Gasteiger charge is -2.32. The quantitative estimate of drug-likeness (QED) is 0.889. The number of rotatable bonds is 2. The number of nitrogens with zero attached hydrogens (tertiary/aromatic N) is 3. The van der Waals surface area contributed by atoms with E-state index in [0.29, 0.717) is 5.56 Å². The van der Waals surface area contributed by atoms with E-state index in [4.69, 9.17) is 5.26 Å². The molecule has 4 heteroatoms. The topological polar surface area (TPSA) is 52.0 Å². The zero-order chi connectivity index (χ0) is 13.1. The molecule has 1 aliphatic rings. The molecular weight excluding hydrogens is 236 g/mol. The van der Waals surface area contributed by atoms with Gasteiger partial charge < -0.3 is 10.2 Å². The summed E-state index contributed by atoms with van der Waals surface area (Å²) in [6.07, 6.45) is 1.81. The van der Waals surface area contributed by atoms with Crippen molar-refractivity contribution in [1.82, 2.24) is 4.98 Å². The minimum Gasteiger partial charge on any atom is -0.382 e. The van der Waals surface area contributed by atoms with Crippen molar-refractivity contribution < 1.29 is 0 Å². The first-order valence-corrected chi connectivity index (χ1v) is 6.30. The lowest BCUT2D eigenvalue weighted by Crippen LogP contribution is -2.33. The van der Waals surface area contributed by atoms with Gasteiger partial charge in [0.05, 0.1) is 35.2 Å². The van der Waals surface area contributed by atoms with Crippen molar-refractivity contribution >= 4 is 11.4 Å². The van der Waals surface area contributed by atoms with E-state index in [0.717, 1.165) is 36.7 Å². The van der Waals surface area contributed by atoms with E-state index in [9.17, 15) is 0 Å². The van der Waals surface area contributed by atoms with Crippen LogP contribution in [0.25, 0.3) is 0 Å². The van der Waals surface area contributed by atoms with E-state index in [1.54, 1.807) is 0 Å². The largest absolute Gasteiger partial charge is 0.382 e. The van der Waals surface area contributed by atoms with Crippen LogP contribution in [0.5, 0.6) is 0 Å². The highest BCUT2D eigenvalue weighted by Crippen LogP contribution is 2.30. The molecule has 2 heterocycles. The van der Waals surface area contributed by atoms with Crippen molar-refractivity contribution in [2.24, 2.45) is 0 Å². The maximum Gasteiger partial charge on any atom is 0.0992 e. The molecule has 0 saturated carbocycles. The first kappa shape index (κ1) is 11.5. The Balaban J connectivity index is 1.91. The van der Waals surface area contributed by atoms with Crippen LogP contribution in [0.3, 0.4) is 0 Å². The molecule has 1 N–H and O–H groups in total. The van der Waals surface area contributed by atoms with Crippen LogP contribution in [0.4, 0.5) is 11.4 Å². The zero-order valence-corrected chi connectivity index (χ0v) is 10.5. The highest BCUT2D eigenvalue weighted by molar-refractivity contribution is 5.73. The lowest BCUT2D eigenvalue weighted by atomic mass is 10.1. The van der Waals surface area contributed by atoms with Crippen molar-refractivity contribution in [3.8, 4) is 6.07 Å². The molecule has 1 aromatic heterocycles. The van der Waals surface area contributed by atoms with Crippen LogP contribution >= 0.6 is 0 Å². The highest BCUT2D eigenvalue weighted by atomic mass is 15.2. The first-order chi connectivity index (χ1) is 9.36. The highest BCUT2D eigenvalue weighted by Gasteiger charge is 2.17. The molecule has 4 nitrogen and oxygen atoms in total. The summed E-state index contributed by atoms with van der Waals surface area (Å²) in [7, 11) is 0. The average molecular weight is 250 g/mol. The summed E-state index contributed by atoms with van der Waals surface area (Å²) in [4.78, 5) is 6.62. The molecule has 1 aromatic carbocycles. The van der Waals surface area contributed by atoms with Crippen molar-refractivity contribution in [3.05, 3.63) is 53.9 Å². The number of anilines is 2. The summed E-state index contributed by atoms with van der Waals surface area (Å²) in [6, 6.07) is 13.9. The molecular formula is C15H14N4. The SMILES string of the molecule is N#Cc1ccc2c(c1)N(Cc1ccccn1)CCN2. The summed E-state index contributed by atoms with van der Waals surface area (Å²) in [5.74, 6) is 0. The van der Waals surface area contributed by atoms with E-state index in [2.05, 4.69) is 21.3 Å². The van der Waals surface area contributed by atoms with Gasteiger partial charge in [0.2, 0.25) is 0 Å². The summed E-state index contributed by atoms with van der Waals surface area (Å²) >= 11 is 0. The average Bonchev–Trinajstić information content (AvgIpc) is 2.48. The van der Waals surface area contributed by atoms with Crippen molar-refractivity contribution in [2.75, 3.05) is 23.3 Å². The third-order valence-electron chi connectivity index (χ3n) is 3.24. The third kappa shape index (κ3) is 2.36. The molecule has 0 amide bonds. The van der Waals surface area contributed by atoms with Crippen LogP contribution in [0.2, 0.25) is 0 Å². The fourth-order valence-electron chi connectivity index (χ4n) is 2.31. The second-order valence-electron chi connectivity index (χ2n) is 4.51. The molecule has 0 radical (unpaired) electrons. The monoisotopic (exact) mass is 250 g/mol. The molecule has 0 unspecified atom stereocenters. The molecule has 1 aliphatic heterocycles. The molecule has 0 fully saturated rings. The molecule has 3 rings (SSSR count). The Morgan fingerprint density at radius 3 is 3.05 bits per heavy atom. The minimum atomic E-state index is 0.688. The van der Waals surface area contributed by atoms with Gasteiger partial charge in [-0.25, -0.2) is 0 Å². The van der Waals surface area contributed by atoms with Gasteiger partial charge in [-0.3, -0.25) is 4.98 Å². The van der Waals surface area contributed by atoms with Crippen LogP contribution in [-0.2, 0) is 6.54 Å². The van der Waals surface area contributed by atoms with Crippen LogP contribution in [0.1, 0.15) is 11.3 Å². The Hall–Kier alpha value is -2.54. The number of hydrogen-bond acceptors (Lipinski definition) is 4. The number of pyridine rings is 1. The van der Waals surface area contributed by atoms with Crippen LogP contribution in [-0.4, -0.2) is 18.1 Å². The van der Waals surface area contributed by atoms with Crippen molar-refractivity contribution in [1.29, 1.82) is 5.26 Å². The van der Waals surface area contributed by atoms with Gasteiger partial charge in [-0.2, -0.15) is 5.26 Å². The summed E-state index contributed by atoms with van der Waals surface area (Å²) in [6.45, 7) is 2.59. The van der Waals surface area contributed by atoms with E-state index in [1.165, 1.54) is 0 Å². The van der Waals surface area contributed by atoms with E-state index in [-0.39, 0.29) is 0 Å². The summed E-state index contributed by atoms with van der Waals surface area (Å²) < 4.78 is 0. The van der Waals surface area contributed by atoms with E-state index in [1.807, 2.05) is 42.6 Å². The number of hydrogen-bond donors (Lipinski definition) is 1. The van der Waals surface area contributed by atoms with Crippen molar-refractivity contribution in [3.63, 3.8) is 0 Å². The Bertz CT molecular complexity index is 616. The Morgan fingerprint density at radius 2 is 2.26 bits per heavy atom. The lowest BCUT2D eigenvalue weighted by molar-refractivity contribution is 0.771. The standard InChI is InChI=1S/C15H14N4/c16-10-12-4-5-14-15(9-12)19(8-7-18-14)11-13-3-1-2-6-17-13/h1-6,9,18H,7-8,11H2. The van der Waals surface area contributed by atoms with Gasteiger partial charge in [0, 0.05) is 19.3 Å². The molecule has 0 atom stereocenters. The number of fused-ring (bicyclic) bond motifs is 1. The smallest absolute Gasteiger partial charge is 0.0992 e. The molecule has 19 heavy (non-hydrogen) atoms. The van der Waals surface area contributed by atoms with Crippen LogP contribution in [0, 0.1) is 11.3 Å². The summed E-state index contributed by atoms with van der Waals surface area (Å²) in [5.41, 5.74) is 3.89. The molecule has 94 valence electrons. The predicted molar refractivity (Wildman–Crippen MR) is 74.9 cm³/mol. The van der Waals surface area contributed by atoms with Gasteiger partial charge in [0.15, 0.2) is 0 Å². The fourth-order valence-corrected chi connectivity index (χ4v) is 2.31. The minimum absolute atomic E-state index is 0.688. The van der Waals surface area contributed by atoms with Gasteiger partial charge in [0.1, 0.15) is 0 Å². The third-order valence-corrected chi connectivity index (χ3v) is 3.24. The van der Waals surface area contributed by atoms with E-state index < -0.39 is 0 Å². The number of aromatic nitrogens is 1. The number of nitriles is 1. The van der Waals surface area contributed by atoms with Crippen LogP contribution in [0.15, 0.2) is 42.6 Å². The Kier molecular flexibility index (Phi) is 3.03. The molecule has 0 saturated heterocycles. The molecule has 0 spiro atoms. The maximum atomic E-state index is 9.01. The van der Waals surface area contributed by atoms with Crippen LogP contribution < -0.4 is 10.2 Å². The van der Waals surface area contributed by atoms with Gasteiger partial charge in [-0.1, -0.05) is 6.07 Å². The van der Waals surface area contributed by atoms with Gasteiger partial charge in [-0.05, 0) is 30.3 Å². The van der Waals surface area contributed by atoms with Gasteiger partial charge in [-0.15, -0.1) is 0 Å². The van der Waals surface area contributed by atoms with Gasteiger partial charge >= 0.3 is 0 Å². The maximum absolute atomic E-state index is 9.01. The van der Waals surface area contributed by atoms with E-state index >= 15 is 0 Å². The zero-order valence-electron chi connectivity index (χ0n) is 10.5. The molecule has 2 aromatic rings. The Labute approximate surface area is 112 Å². The second-order valence-corrected chi connectivity index (χ2v) is 4.51. The summed E-state index contributed by atoms with van der Waals surface area (Å²) in [5, 5.41) is 12.4. The molecule has 0 bridgehead atoms. The molecule has 0 aliphatic carbocycles. The Morgan fingerprint density at radius 1 is 1.32 bits per heavy atom. The predicted octanol–water partition coefficient (Wildman–Crippen LogP) is 2.39. The number of benzene rings is 1. The normalized spacial score (nSPS) is 13.3. The second kappa shape index (κ2) is 4.99. The fraction of sp³-hybridized carbons (Fsp3) is 0.200. The first-order valence-electron chi connectivity index (χ1n) is 6.30. The van der Waals surface area contributed by atoms with Crippen molar-refractivity contribution in [2.45, 2.75) is 6.54 Å².